The standard InChI is InChI=1S/C9H15N3O/c1-11-4-2-8(6-11)7-12-5-3-10-9(12)13/h3,5,8H,2,4,6-7H2,1H3,(H,10,13). The summed E-state index contributed by atoms with van der Waals surface area (Å²) in [6.07, 6.45) is 4.72. The molecule has 1 atom stereocenters. The molecule has 0 amide bonds. The van der Waals surface area contributed by atoms with Gasteiger partial charge < -0.3 is 9.88 Å². The van der Waals surface area contributed by atoms with Gasteiger partial charge in [0.05, 0.1) is 0 Å². The zero-order valence-electron chi connectivity index (χ0n) is 7.86. The summed E-state index contributed by atoms with van der Waals surface area (Å²) < 4.78 is 1.75. The molecule has 1 saturated heterocycles. The maximum atomic E-state index is 11.2. The quantitative estimate of drug-likeness (QED) is 0.704. The molecule has 1 aromatic heterocycles. The van der Waals surface area contributed by atoms with E-state index in [4.69, 9.17) is 0 Å². The van der Waals surface area contributed by atoms with E-state index in [9.17, 15) is 4.79 Å². The van der Waals surface area contributed by atoms with E-state index in [0.29, 0.717) is 5.92 Å². The molecule has 0 aliphatic carbocycles. The van der Waals surface area contributed by atoms with Crippen LogP contribution in [-0.4, -0.2) is 34.6 Å². The van der Waals surface area contributed by atoms with Gasteiger partial charge in [-0.3, -0.25) is 4.57 Å². The molecule has 1 aromatic rings. The van der Waals surface area contributed by atoms with Crippen molar-refractivity contribution in [3.63, 3.8) is 0 Å². The van der Waals surface area contributed by atoms with Gasteiger partial charge in [0.15, 0.2) is 0 Å². The van der Waals surface area contributed by atoms with Gasteiger partial charge in [-0.15, -0.1) is 0 Å². The number of likely N-dealkylation sites (tertiary alicyclic amines) is 1. The lowest BCUT2D eigenvalue weighted by Crippen LogP contribution is -2.23. The molecule has 0 aromatic carbocycles. The maximum absolute atomic E-state index is 11.2. The summed E-state index contributed by atoms with van der Waals surface area (Å²) in [5.74, 6) is 0.637. The van der Waals surface area contributed by atoms with Crippen molar-refractivity contribution in [3.05, 3.63) is 22.9 Å². The molecule has 4 nitrogen and oxygen atoms in total. The average Bonchev–Trinajstić information content (AvgIpc) is 2.64. The first-order valence-corrected chi connectivity index (χ1v) is 4.68. The third kappa shape index (κ3) is 1.83. The van der Waals surface area contributed by atoms with Gasteiger partial charge in [0.1, 0.15) is 0 Å². The lowest BCUT2D eigenvalue weighted by molar-refractivity contribution is 0.376. The van der Waals surface area contributed by atoms with Gasteiger partial charge >= 0.3 is 5.69 Å². The molecular formula is C9H15N3O. The van der Waals surface area contributed by atoms with Crippen molar-refractivity contribution >= 4 is 0 Å². The summed E-state index contributed by atoms with van der Waals surface area (Å²) in [6, 6.07) is 0. The minimum absolute atomic E-state index is 0.00885. The van der Waals surface area contributed by atoms with Gasteiger partial charge in [0.25, 0.3) is 0 Å². The molecular weight excluding hydrogens is 166 g/mol. The summed E-state index contributed by atoms with van der Waals surface area (Å²) in [4.78, 5) is 16.1. The van der Waals surface area contributed by atoms with Crippen LogP contribution in [0.25, 0.3) is 0 Å². The Morgan fingerprint density at radius 2 is 2.54 bits per heavy atom. The van der Waals surface area contributed by atoms with E-state index < -0.39 is 0 Å². The van der Waals surface area contributed by atoms with Crippen molar-refractivity contribution in [2.75, 3.05) is 20.1 Å². The number of hydrogen-bond donors (Lipinski definition) is 1. The molecule has 1 aliphatic rings. The predicted molar refractivity (Wildman–Crippen MR) is 50.7 cm³/mol. The smallest absolute Gasteiger partial charge is 0.313 e. The fraction of sp³-hybridized carbons (Fsp3) is 0.667. The molecule has 1 unspecified atom stereocenters. The largest absolute Gasteiger partial charge is 0.325 e. The molecule has 1 fully saturated rings. The van der Waals surface area contributed by atoms with Crippen LogP contribution in [0.15, 0.2) is 17.2 Å². The molecule has 1 N–H and O–H groups in total. The van der Waals surface area contributed by atoms with E-state index in [-0.39, 0.29) is 5.69 Å². The molecule has 0 radical (unpaired) electrons. The Morgan fingerprint density at radius 3 is 3.08 bits per heavy atom. The Hall–Kier alpha value is -1.03. The second kappa shape index (κ2) is 3.38. The van der Waals surface area contributed by atoms with Gasteiger partial charge in [0.2, 0.25) is 0 Å². The Bertz CT molecular complexity index is 328. The highest BCUT2D eigenvalue weighted by molar-refractivity contribution is 4.80. The van der Waals surface area contributed by atoms with Crippen molar-refractivity contribution in [2.45, 2.75) is 13.0 Å². The van der Waals surface area contributed by atoms with E-state index in [1.54, 1.807) is 10.8 Å². The Morgan fingerprint density at radius 1 is 1.69 bits per heavy atom. The first-order valence-electron chi connectivity index (χ1n) is 4.68. The number of aromatic amines is 1. The van der Waals surface area contributed by atoms with Crippen LogP contribution in [0.1, 0.15) is 6.42 Å². The van der Waals surface area contributed by atoms with Gasteiger partial charge in [-0.2, -0.15) is 0 Å². The lowest BCUT2D eigenvalue weighted by atomic mass is 10.1. The van der Waals surface area contributed by atoms with Crippen LogP contribution in [0.5, 0.6) is 0 Å². The second-order valence-corrected chi connectivity index (χ2v) is 3.83. The summed E-state index contributed by atoms with van der Waals surface area (Å²) in [5, 5.41) is 0. The normalized spacial score (nSPS) is 23.9. The molecule has 2 heterocycles. The van der Waals surface area contributed by atoms with Crippen molar-refractivity contribution in [2.24, 2.45) is 5.92 Å². The van der Waals surface area contributed by atoms with Gasteiger partial charge in [0, 0.05) is 25.5 Å². The lowest BCUT2D eigenvalue weighted by Gasteiger charge is -2.09. The number of hydrogen-bond acceptors (Lipinski definition) is 2. The number of aromatic nitrogens is 2. The second-order valence-electron chi connectivity index (χ2n) is 3.83. The maximum Gasteiger partial charge on any atom is 0.325 e. The van der Waals surface area contributed by atoms with E-state index >= 15 is 0 Å². The van der Waals surface area contributed by atoms with Crippen LogP contribution in [0.3, 0.4) is 0 Å². The molecule has 2 rings (SSSR count). The van der Waals surface area contributed by atoms with Crippen LogP contribution in [0.4, 0.5) is 0 Å². The number of rotatable bonds is 2. The number of nitrogens with zero attached hydrogens (tertiary/aromatic N) is 2. The third-order valence-corrected chi connectivity index (χ3v) is 2.67. The minimum Gasteiger partial charge on any atom is -0.313 e. The molecule has 0 bridgehead atoms. The molecule has 4 heteroatoms. The first kappa shape index (κ1) is 8.56. The molecule has 1 aliphatic heterocycles. The van der Waals surface area contributed by atoms with E-state index in [0.717, 1.165) is 19.6 Å². The monoisotopic (exact) mass is 181 g/mol. The Labute approximate surface area is 77.2 Å². The van der Waals surface area contributed by atoms with Crippen molar-refractivity contribution in [3.8, 4) is 0 Å². The van der Waals surface area contributed by atoms with E-state index in [1.807, 2.05) is 6.20 Å². The first-order chi connectivity index (χ1) is 6.25. The van der Waals surface area contributed by atoms with Crippen molar-refractivity contribution in [1.82, 2.24) is 14.5 Å². The molecule has 0 saturated carbocycles. The summed E-state index contributed by atoms with van der Waals surface area (Å²) in [5.41, 5.74) is 0.00885. The van der Waals surface area contributed by atoms with Crippen LogP contribution in [0.2, 0.25) is 0 Å². The predicted octanol–water partition coefficient (Wildman–Crippen LogP) is 0.128. The zero-order chi connectivity index (χ0) is 9.26. The summed E-state index contributed by atoms with van der Waals surface area (Å²) >= 11 is 0. The Kier molecular flexibility index (Phi) is 2.22. The number of nitrogens with one attached hydrogen (secondary N) is 1. The summed E-state index contributed by atoms with van der Waals surface area (Å²) in [6.45, 7) is 3.12. The van der Waals surface area contributed by atoms with Crippen LogP contribution in [-0.2, 0) is 6.54 Å². The van der Waals surface area contributed by atoms with Crippen LogP contribution < -0.4 is 5.69 Å². The average molecular weight is 181 g/mol. The van der Waals surface area contributed by atoms with E-state index in [1.165, 1.54) is 6.42 Å². The fourth-order valence-electron chi connectivity index (χ4n) is 1.95. The number of H-pyrrole nitrogens is 1. The number of imidazole rings is 1. The van der Waals surface area contributed by atoms with E-state index in [2.05, 4.69) is 16.9 Å². The van der Waals surface area contributed by atoms with Gasteiger partial charge in [-0.25, -0.2) is 4.79 Å². The highest BCUT2D eigenvalue weighted by atomic mass is 16.1. The zero-order valence-corrected chi connectivity index (χ0v) is 7.86. The summed E-state index contributed by atoms with van der Waals surface area (Å²) in [7, 11) is 2.12. The van der Waals surface area contributed by atoms with Crippen LogP contribution >= 0.6 is 0 Å². The van der Waals surface area contributed by atoms with Crippen molar-refractivity contribution < 1.29 is 0 Å². The Balaban J connectivity index is 1.99. The highest BCUT2D eigenvalue weighted by Gasteiger charge is 2.19. The third-order valence-electron chi connectivity index (χ3n) is 2.67. The fourth-order valence-corrected chi connectivity index (χ4v) is 1.95. The SMILES string of the molecule is CN1CCC(Cn2cc[nH]c2=O)C1. The topological polar surface area (TPSA) is 41.0 Å². The van der Waals surface area contributed by atoms with Crippen LogP contribution in [0, 0.1) is 5.92 Å². The van der Waals surface area contributed by atoms with Gasteiger partial charge in [-0.05, 0) is 25.9 Å². The molecule has 13 heavy (non-hydrogen) atoms. The minimum atomic E-state index is 0.00885. The highest BCUT2D eigenvalue weighted by Crippen LogP contribution is 2.15. The molecule has 0 spiro atoms. The van der Waals surface area contributed by atoms with Gasteiger partial charge in [-0.1, -0.05) is 0 Å². The molecule has 72 valence electrons. The van der Waals surface area contributed by atoms with Crippen molar-refractivity contribution in [1.29, 1.82) is 0 Å².